The Balaban J connectivity index is -0.0000000944. The standard InChI is InChI=1S/3C4H6O2.C3H8/c3*1-3(2)4(5)6;1-3-2/h3*1H2,2H3,(H,5,6);3H2,1-2H3. The zero-order valence-electron chi connectivity index (χ0n) is 13.4. The summed E-state index contributed by atoms with van der Waals surface area (Å²) in [6.07, 6.45) is 1.25. The van der Waals surface area contributed by atoms with Crippen LogP contribution in [0.25, 0.3) is 0 Å². The lowest BCUT2D eigenvalue weighted by Crippen LogP contribution is -1.92. The number of rotatable bonds is 3. The monoisotopic (exact) mass is 302 g/mol. The molecule has 21 heavy (non-hydrogen) atoms. The largest absolute Gasteiger partial charge is 0.478 e. The number of carboxylic acids is 3. The number of carboxylic acid groups (broad SMARTS) is 3. The molecule has 6 nitrogen and oxygen atoms in total. The SMILES string of the molecule is C=C(C)C(=O)O.C=C(C)C(=O)O.C=C(C)C(=O)O.CCC. The third-order valence-corrected chi connectivity index (χ3v) is 1.10. The number of hydrogen-bond donors (Lipinski definition) is 3. The molecule has 0 fully saturated rings. The van der Waals surface area contributed by atoms with Crippen molar-refractivity contribution in [3.63, 3.8) is 0 Å². The van der Waals surface area contributed by atoms with Gasteiger partial charge in [-0.15, -0.1) is 0 Å². The molecule has 0 aliphatic heterocycles. The van der Waals surface area contributed by atoms with Crippen LogP contribution in [0, 0.1) is 0 Å². The fourth-order valence-electron chi connectivity index (χ4n) is 0. The number of carbonyl (C=O) groups is 3. The van der Waals surface area contributed by atoms with E-state index in [1.54, 1.807) is 0 Å². The second-order valence-corrected chi connectivity index (χ2v) is 3.96. The average Bonchev–Trinajstić information content (AvgIpc) is 2.30. The summed E-state index contributed by atoms with van der Waals surface area (Å²) in [4.78, 5) is 28.8. The van der Waals surface area contributed by atoms with Crippen molar-refractivity contribution >= 4 is 17.9 Å². The molecular weight excluding hydrogens is 276 g/mol. The summed E-state index contributed by atoms with van der Waals surface area (Å²) in [5.41, 5.74) is 0.528. The van der Waals surface area contributed by atoms with Crippen molar-refractivity contribution in [2.24, 2.45) is 0 Å². The van der Waals surface area contributed by atoms with Gasteiger partial charge < -0.3 is 15.3 Å². The van der Waals surface area contributed by atoms with Crippen molar-refractivity contribution in [3.05, 3.63) is 36.5 Å². The normalized spacial score (nSPS) is 7.29. The average molecular weight is 302 g/mol. The third-order valence-electron chi connectivity index (χ3n) is 1.10. The lowest BCUT2D eigenvalue weighted by molar-refractivity contribution is -0.133. The molecule has 3 N–H and O–H groups in total. The van der Waals surface area contributed by atoms with E-state index in [1.165, 1.54) is 27.2 Å². The molecular formula is C15H26O6. The quantitative estimate of drug-likeness (QED) is 0.689. The Bertz CT molecular complexity index is 287. The fourth-order valence-corrected chi connectivity index (χ4v) is 0. The maximum absolute atomic E-state index is 9.60. The van der Waals surface area contributed by atoms with E-state index in [0.29, 0.717) is 0 Å². The molecule has 0 unspecified atom stereocenters. The molecule has 0 aromatic rings. The van der Waals surface area contributed by atoms with Gasteiger partial charge in [0.25, 0.3) is 0 Å². The van der Waals surface area contributed by atoms with Crippen LogP contribution in [0.5, 0.6) is 0 Å². The number of aliphatic carboxylic acids is 3. The molecule has 6 heteroatoms. The molecule has 0 bridgehead atoms. The van der Waals surface area contributed by atoms with E-state index < -0.39 is 17.9 Å². The van der Waals surface area contributed by atoms with E-state index in [1.807, 2.05) is 0 Å². The Morgan fingerprint density at radius 2 is 0.714 bits per heavy atom. The summed E-state index contributed by atoms with van der Waals surface area (Å²) in [5.74, 6) is -2.81. The van der Waals surface area contributed by atoms with Gasteiger partial charge in [-0.25, -0.2) is 14.4 Å². The van der Waals surface area contributed by atoms with E-state index in [0.717, 1.165) is 0 Å². The lowest BCUT2D eigenvalue weighted by atomic mass is 10.4. The Morgan fingerprint density at radius 1 is 0.667 bits per heavy atom. The van der Waals surface area contributed by atoms with Crippen LogP contribution in [0.15, 0.2) is 36.5 Å². The molecule has 0 aromatic carbocycles. The van der Waals surface area contributed by atoms with Crippen molar-refractivity contribution in [1.29, 1.82) is 0 Å². The summed E-state index contributed by atoms with van der Waals surface area (Å²) in [7, 11) is 0. The Kier molecular flexibility index (Phi) is 22.7. The van der Waals surface area contributed by atoms with E-state index in [-0.39, 0.29) is 16.7 Å². The predicted molar refractivity (Wildman–Crippen MR) is 83.3 cm³/mol. The molecule has 0 spiro atoms. The summed E-state index contributed by atoms with van der Waals surface area (Å²) in [5, 5.41) is 23.7. The van der Waals surface area contributed by atoms with Crippen molar-refractivity contribution in [2.75, 3.05) is 0 Å². The Labute approximate surface area is 126 Å². The minimum Gasteiger partial charge on any atom is -0.478 e. The molecule has 122 valence electrons. The van der Waals surface area contributed by atoms with Gasteiger partial charge in [0, 0.05) is 16.7 Å². The molecule has 0 heterocycles. The first-order valence-corrected chi connectivity index (χ1v) is 6.01. The van der Waals surface area contributed by atoms with E-state index in [9.17, 15) is 14.4 Å². The first kappa shape index (κ1) is 27.1. The van der Waals surface area contributed by atoms with Gasteiger partial charge in [-0.3, -0.25) is 0 Å². The van der Waals surface area contributed by atoms with Crippen molar-refractivity contribution < 1.29 is 29.7 Å². The van der Waals surface area contributed by atoms with Crippen LogP contribution in [0.3, 0.4) is 0 Å². The van der Waals surface area contributed by atoms with Crippen LogP contribution < -0.4 is 0 Å². The molecule has 0 amide bonds. The van der Waals surface area contributed by atoms with Crippen LogP contribution in [0.2, 0.25) is 0 Å². The first-order chi connectivity index (χ1) is 9.34. The molecule has 0 saturated carbocycles. The van der Waals surface area contributed by atoms with Gasteiger partial charge in [0.1, 0.15) is 0 Å². The van der Waals surface area contributed by atoms with Crippen LogP contribution in [0.1, 0.15) is 41.0 Å². The summed E-state index contributed by atoms with van der Waals surface area (Å²) >= 11 is 0. The van der Waals surface area contributed by atoms with E-state index >= 15 is 0 Å². The summed E-state index contributed by atoms with van der Waals surface area (Å²) in [6.45, 7) is 18.1. The minimum atomic E-state index is -0.935. The van der Waals surface area contributed by atoms with Gasteiger partial charge in [-0.1, -0.05) is 40.0 Å². The summed E-state index contributed by atoms with van der Waals surface area (Å²) in [6, 6.07) is 0. The van der Waals surface area contributed by atoms with E-state index in [2.05, 4.69) is 33.6 Å². The zero-order valence-corrected chi connectivity index (χ0v) is 13.4. The second-order valence-electron chi connectivity index (χ2n) is 3.96. The first-order valence-electron chi connectivity index (χ1n) is 6.01. The third kappa shape index (κ3) is 46.4. The molecule has 0 aliphatic carbocycles. The van der Waals surface area contributed by atoms with Crippen LogP contribution in [0.4, 0.5) is 0 Å². The lowest BCUT2D eigenvalue weighted by Gasteiger charge is -1.79. The molecule has 0 aliphatic rings. The molecule has 0 atom stereocenters. The van der Waals surface area contributed by atoms with Crippen LogP contribution in [-0.2, 0) is 14.4 Å². The highest BCUT2D eigenvalue weighted by Gasteiger charge is 1.91. The highest BCUT2D eigenvalue weighted by atomic mass is 16.4. The highest BCUT2D eigenvalue weighted by Crippen LogP contribution is 1.82. The van der Waals surface area contributed by atoms with Gasteiger partial charge in [0.15, 0.2) is 0 Å². The molecule has 0 aromatic heterocycles. The fraction of sp³-hybridized carbons (Fsp3) is 0.400. The Hall–Kier alpha value is -2.37. The van der Waals surface area contributed by atoms with Crippen molar-refractivity contribution in [1.82, 2.24) is 0 Å². The van der Waals surface area contributed by atoms with Gasteiger partial charge in [0.2, 0.25) is 0 Å². The second kappa shape index (κ2) is 17.6. The van der Waals surface area contributed by atoms with Gasteiger partial charge in [0.05, 0.1) is 0 Å². The topological polar surface area (TPSA) is 112 Å². The molecule has 0 radical (unpaired) electrons. The maximum Gasteiger partial charge on any atom is 0.330 e. The summed E-state index contributed by atoms with van der Waals surface area (Å²) < 4.78 is 0. The maximum atomic E-state index is 9.60. The van der Waals surface area contributed by atoms with Gasteiger partial charge in [-0.05, 0) is 20.8 Å². The van der Waals surface area contributed by atoms with Crippen molar-refractivity contribution in [2.45, 2.75) is 41.0 Å². The highest BCUT2D eigenvalue weighted by molar-refractivity contribution is 5.85. The minimum absolute atomic E-state index is 0.176. The van der Waals surface area contributed by atoms with Crippen LogP contribution in [-0.4, -0.2) is 33.2 Å². The zero-order chi connectivity index (χ0) is 18.2. The number of hydrogen-bond acceptors (Lipinski definition) is 3. The Morgan fingerprint density at radius 3 is 0.714 bits per heavy atom. The molecule has 0 rings (SSSR count). The van der Waals surface area contributed by atoms with Crippen molar-refractivity contribution in [3.8, 4) is 0 Å². The smallest absolute Gasteiger partial charge is 0.330 e. The predicted octanol–water partition coefficient (Wildman–Crippen LogP) is 3.36. The van der Waals surface area contributed by atoms with E-state index in [4.69, 9.17) is 15.3 Å². The van der Waals surface area contributed by atoms with Gasteiger partial charge in [-0.2, -0.15) is 0 Å². The molecule has 0 saturated heterocycles. The van der Waals surface area contributed by atoms with Crippen LogP contribution >= 0.6 is 0 Å². The van der Waals surface area contributed by atoms with Gasteiger partial charge >= 0.3 is 17.9 Å².